The predicted octanol–water partition coefficient (Wildman–Crippen LogP) is 4.15. The van der Waals surface area contributed by atoms with E-state index in [1.54, 1.807) is 0 Å². The van der Waals surface area contributed by atoms with E-state index in [4.69, 9.17) is 0 Å². The summed E-state index contributed by atoms with van der Waals surface area (Å²) in [5, 5.41) is 0. The Morgan fingerprint density at radius 2 is 1.22 bits per heavy atom. The summed E-state index contributed by atoms with van der Waals surface area (Å²) in [7, 11) is 4.23. The lowest BCUT2D eigenvalue weighted by Gasteiger charge is -2.33. The second-order valence-electron chi connectivity index (χ2n) is 5.40. The summed E-state index contributed by atoms with van der Waals surface area (Å²) < 4.78 is 0. The molecule has 0 heterocycles. The Morgan fingerprint density at radius 1 is 0.722 bits per heavy atom. The number of rotatable bonds is 3. The lowest BCUT2D eigenvalue weighted by atomic mass is 9.91. The zero-order valence-electron chi connectivity index (χ0n) is 11.6. The van der Waals surface area contributed by atoms with Crippen molar-refractivity contribution < 1.29 is 0 Å². The maximum Gasteiger partial charge on any atom is 0.0398 e. The third-order valence-corrected chi connectivity index (χ3v) is 3.82. The highest BCUT2D eigenvalue weighted by Crippen LogP contribution is 2.27. The zero-order valence-corrected chi connectivity index (χ0v) is 11.6. The van der Waals surface area contributed by atoms with Crippen molar-refractivity contribution in [2.45, 2.75) is 19.4 Å². The van der Waals surface area contributed by atoms with Gasteiger partial charge in [-0.3, -0.25) is 0 Å². The molecular weight excluding hydrogens is 218 g/mol. The molecule has 0 spiro atoms. The van der Waals surface area contributed by atoms with E-state index in [1.165, 1.54) is 16.7 Å². The molecular formula is C17H21N. The molecule has 0 atom stereocenters. The maximum atomic E-state index is 2.24. The Balaban J connectivity index is 2.32. The van der Waals surface area contributed by atoms with Crippen LogP contribution in [-0.4, -0.2) is 19.0 Å². The lowest BCUT2D eigenvalue weighted by Crippen LogP contribution is -2.35. The van der Waals surface area contributed by atoms with E-state index in [1.807, 2.05) is 6.07 Å². The Labute approximate surface area is 110 Å². The van der Waals surface area contributed by atoms with E-state index in [0.29, 0.717) is 0 Å². The molecule has 0 aliphatic carbocycles. The minimum absolute atomic E-state index is 0.0647. The Bertz CT molecular complexity index is 495. The van der Waals surface area contributed by atoms with Crippen LogP contribution in [0.2, 0.25) is 0 Å². The lowest BCUT2D eigenvalue weighted by molar-refractivity contribution is 0.198. The number of hydrogen-bond acceptors (Lipinski definition) is 1. The third-order valence-electron chi connectivity index (χ3n) is 3.82. The van der Waals surface area contributed by atoms with Gasteiger partial charge < -0.3 is 4.90 Å². The molecule has 1 heteroatoms. The average molecular weight is 239 g/mol. The summed E-state index contributed by atoms with van der Waals surface area (Å²) in [5.74, 6) is 0. The molecule has 18 heavy (non-hydrogen) atoms. The molecule has 0 radical (unpaired) electrons. The largest absolute Gasteiger partial charge is 0.300 e. The molecule has 0 aliphatic heterocycles. The summed E-state index contributed by atoms with van der Waals surface area (Å²) in [4.78, 5) is 2.24. The van der Waals surface area contributed by atoms with E-state index in [0.717, 1.165) is 0 Å². The summed E-state index contributed by atoms with van der Waals surface area (Å²) in [6, 6.07) is 19.3. The third kappa shape index (κ3) is 2.46. The van der Waals surface area contributed by atoms with Crippen molar-refractivity contribution in [3.8, 4) is 11.1 Å². The van der Waals surface area contributed by atoms with Crippen LogP contribution in [0.3, 0.4) is 0 Å². The van der Waals surface area contributed by atoms with Gasteiger partial charge >= 0.3 is 0 Å². The summed E-state index contributed by atoms with van der Waals surface area (Å²) in [5.41, 5.74) is 3.95. The molecule has 2 aromatic rings. The van der Waals surface area contributed by atoms with Gasteiger partial charge in [0, 0.05) is 5.54 Å². The molecule has 0 fully saturated rings. The normalized spacial score (nSPS) is 11.8. The molecule has 1 nitrogen and oxygen atoms in total. The highest BCUT2D eigenvalue weighted by molar-refractivity contribution is 5.63. The predicted molar refractivity (Wildman–Crippen MR) is 78.6 cm³/mol. The molecule has 94 valence electrons. The van der Waals surface area contributed by atoms with Crippen LogP contribution in [0.1, 0.15) is 19.4 Å². The van der Waals surface area contributed by atoms with Gasteiger partial charge in [0.25, 0.3) is 0 Å². The van der Waals surface area contributed by atoms with Crippen LogP contribution in [0.25, 0.3) is 11.1 Å². The number of benzene rings is 2. The van der Waals surface area contributed by atoms with Crippen molar-refractivity contribution in [2.24, 2.45) is 0 Å². The van der Waals surface area contributed by atoms with Crippen molar-refractivity contribution in [1.82, 2.24) is 4.90 Å². The Kier molecular flexibility index (Phi) is 3.53. The van der Waals surface area contributed by atoms with Crippen LogP contribution in [-0.2, 0) is 5.54 Å². The molecule has 2 aromatic carbocycles. The van der Waals surface area contributed by atoms with Crippen LogP contribution in [0.4, 0.5) is 0 Å². The van der Waals surface area contributed by atoms with E-state index in [9.17, 15) is 0 Å². The van der Waals surface area contributed by atoms with Gasteiger partial charge in [0.1, 0.15) is 0 Å². The first-order chi connectivity index (χ1) is 8.51. The average Bonchev–Trinajstić information content (AvgIpc) is 2.40. The van der Waals surface area contributed by atoms with Gasteiger partial charge in [-0.05, 0) is 44.6 Å². The van der Waals surface area contributed by atoms with Gasteiger partial charge in [0.2, 0.25) is 0 Å². The maximum absolute atomic E-state index is 2.24. The minimum Gasteiger partial charge on any atom is -0.300 e. The molecule has 0 bridgehead atoms. The standard InChI is InChI=1S/C17H21N/c1-17(2,18(3)4)16-12-10-15(11-13-16)14-8-6-5-7-9-14/h5-13H,1-4H3. The highest BCUT2D eigenvalue weighted by atomic mass is 15.1. The van der Waals surface area contributed by atoms with E-state index in [2.05, 4.69) is 81.4 Å². The van der Waals surface area contributed by atoms with Gasteiger partial charge in [0.05, 0.1) is 0 Å². The molecule has 0 aromatic heterocycles. The van der Waals surface area contributed by atoms with Crippen molar-refractivity contribution in [2.75, 3.05) is 14.1 Å². The SMILES string of the molecule is CN(C)C(C)(C)c1ccc(-c2ccccc2)cc1. The van der Waals surface area contributed by atoms with Crippen molar-refractivity contribution >= 4 is 0 Å². The van der Waals surface area contributed by atoms with Crippen LogP contribution in [0.15, 0.2) is 54.6 Å². The van der Waals surface area contributed by atoms with Crippen LogP contribution in [0, 0.1) is 0 Å². The number of nitrogens with zero attached hydrogens (tertiary/aromatic N) is 1. The Hall–Kier alpha value is -1.60. The van der Waals surface area contributed by atoms with Crippen LogP contribution in [0.5, 0.6) is 0 Å². The van der Waals surface area contributed by atoms with Gasteiger partial charge in [-0.2, -0.15) is 0 Å². The van der Waals surface area contributed by atoms with Crippen molar-refractivity contribution in [3.05, 3.63) is 60.2 Å². The first-order valence-electron chi connectivity index (χ1n) is 6.35. The first kappa shape index (κ1) is 12.8. The van der Waals surface area contributed by atoms with E-state index >= 15 is 0 Å². The topological polar surface area (TPSA) is 3.24 Å². The molecule has 2 rings (SSSR count). The van der Waals surface area contributed by atoms with Crippen molar-refractivity contribution in [1.29, 1.82) is 0 Å². The smallest absolute Gasteiger partial charge is 0.0398 e. The summed E-state index contributed by atoms with van der Waals surface area (Å²) in [6.45, 7) is 4.48. The molecule has 0 unspecified atom stereocenters. The molecule has 0 saturated heterocycles. The van der Waals surface area contributed by atoms with E-state index in [-0.39, 0.29) is 5.54 Å². The number of hydrogen-bond donors (Lipinski definition) is 0. The quantitative estimate of drug-likeness (QED) is 0.777. The zero-order chi connectivity index (χ0) is 13.2. The monoisotopic (exact) mass is 239 g/mol. The first-order valence-corrected chi connectivity index (χ1v) is 6.35. The summed E-state index contributed by atoms with van der Waals surface area (Å²) >= 11 is 0. The van der Waals surface area contributed by atoms with Crippen LogP contribution >= 0.6 is 0 Å². The fraction of sp³-hybridized carbons (Fsp3) is 0.294. The van der Waals surface area contributed by atoms with Crippen molar-refractivity contribution in [3.63, 3.8) is 0 Å². The second-order valence-corrected chi connectivity index (χ2v) is 5.40. The van der Waals surface area contributed by atoms with E-state index < -0.39 is 0 Å². The second kappa shape index (κ2) is 4.95. The fourth-order valence-corrected chi connectivity index (χ4v) is 1.96. The minimum atomic E-state index is 0.0647. The highest BCUT2D eigenvalue weighted by Gasteiger charge is 2.22. The molecule has 0 aliphatic rings. The van der Waals surface area contributed by atoms with Crippen LogP contribution < -0.4 is 0 Å². The Morgan fingerprint density at radius 3 is 1.72 bits per heavy atom. The van der Waals surface area contributed by atoms with Gasteiger partial charge in [0.15, 0.2) is 0 Å². The molecule has 0 amide bonds. The summed E-state index contributed by atoms with van der Waals surface area (Å²) in [6.07, 6.45) is 0. The fourth-order valence-electron chi connectivity index (χ4n) is 1.96. The molecule has 0 saturated carbocycles. The van der Waals surface area contributed by atoms with Gasteiger partial charge in [-0.15, -0.1) is 0 Å². The molecule has 0 N–H and O–H groups in total. The van der Waals surface area contributed by atoms with Gasteiger partial charge in [-0.25, -0.2) is 0 Å². The van der Waals surface area contributed by atoms with Gasteiger partial charge in [-0.1, -0.05) is 54.6 Å².